The zero-order valence-corrected chi connectivity index (χ0v) is 16.2. The number of hydrogen-bond donors (Lipinski definition) is 1. The van der Waals surface area contributed by atoms with Gasteiger partial charge in [0, 0.05) is 6.61 Å². The number of alkyl carbamates (subject to hydrolysis) is 1. The van der Waals surface area contributed by atoms with Crippen LogP contribution in [0.5, 0.6) is 0 Å². The minimum absolute atomic E-state index is 0.206. The van der Waals surface area contributed by atoms with Crippen molar-refractivity contribution in [1.82, 2.24) is 10.4 Å². The van der Waals surface area contributed by atoms with Gasteiger partial charge in [-0.25, -0.2) is 9.86 Å². The molecule has 7 heteroatoms. The van der Waals surface area contributed by atoms with Crippen LogP contribution in [0.15, 0.2) is 0 Å². The van der Waals surface area contributed by atoms with E-state index in [1.807, 2.05) is 13.8 Å². The normalized spacial score (nSPS) is 23.6. The molecule has 2 fully saturated rings. The number of hydroxylamine groups is 2. The Kier molecular flexibility index (Phi) is 9.18. The quantitative estimate of drug-likeness (QED) is 0.447. The minimum Gasteiger partial charge on any atom is -0.450 e. The third-order valence-electron chi connectivity index (χ3n) is 5.24. The summed E-state index contributed by atoms with van der Waals surface area (Å²) in [7, 11) is 0. The highest BCUT2D eigenvalue weighted by atomic mass is 16.7. The summed E-state index contributed by atoms with van der Waals surface area (Å²) in [6.45, 7) is 5.51. The zero-order valence-electron chi connectivity index (χ0n) is 16.2. The SMILES string of the molecule is CCOCCON1C(=O)[C@@H](NC(=O)OCCCCC2CCCCC2)[C@@H]1C. The van der Waals surface area contributed by atoms with Crippen LogP contribution in [0.25, 0.3) is 0 Å². The van der Waals surface area contributed by atoms with Gasteiger partial charge in [-0.2, -0.15) is 0 Å². The topological polar surface area (TPSA) is 77.1 Å². The number of nitrogens with zero attached hydrogens (tertiary/aromatic N) is 1. The Labute approximate surface area is 156 Å². The number of carbonyl (C=O) groups excluding carboxylic acids is 2. The maximum atomic E-state index is 12.0. The lowest BCUT2D eigenvalue weighted by Gasteiger charge is -2.43. The molecule has 0 radical (unpaired) electrons. The number of carbonyl (C=O) groups is 2. The molecule has 0 unspecified atom stereocenters. The molecule has 1 N–H and O–H groups in total. The lowest BCUT2D eigenvalue weighted by atomic mass is 9.86. The Bertz CT molecular complexity index is 440. The Balaban J connectivity index is 1.52. The van der Waals surface area contributed by atoms with Crippen LogP contribution in [0.4, 0.5) is 4.79 Å². The number of hydrogen-bond acceptors (Lipinski definition) is 5. The molecule has 7 nitrogen and oxygen atoms in total. The van der Waals surface area contributed by atoms with Crippen LogP contribution in [0.2, 0.25) is 0 Å². The van der Waals surface area contributed by atoms with Gasteiger partial charge in [-0.15, -0.1) is 0 Å². The Hall–Kier alpha value is -1.34. The fourth-order valence-electron chi connectivity index (χ4n) is 3.64. The number of rotatable bonds is 11. The highest BCUT2D eigenvalue weighted by Crippen LogP contribution is 2.27. The van der Waals surface area contributed by atoms with Crippen molar-refractivity contribution in [3.05, 3.63) is 0 Å². The minimum atomic E-state index is -0.572. The van der Waals surface area contributed by atoms with E-state index < -0.39 is 12.1 Å². The van der Waals surface area contributed by atoms with Gasteiger partial charge in [0.2, 0.25) is 0 Å². The number of nitrogens with one attached hydrogen (secondary N) is 1. The van der Waals surface area contributed by atoms with Crippen LogP contribution in [0.3, 0.4) is 0 Å². The second-order valence-electron chi connectivity index (χ2n) is 7.19. The molecule has 1 heterocycles. The van der Waals surface area contributed by atoms with E-state index in [1.54, 1.807) is 0 Å². The van der Waals surface area contributed by atoms with Crippen LogP contribution in [-0.4, -0.2) is 55.6 Å². The fraction of sp³-hybridized carbons (Fsp3) is 0.895. The summed E-state index contributed by atoms with van der Waals surface area (Å²) in [5, 5.41) is 3.91. The van der Waals surface area contributed by atoms with Crippen LogP contribution in [-0.2, 0) is 19.1 Å². The van der Waals surface area contributed by atoms with Crippen molar-refractivity contribution >= 4 is 12.0 Å². The average Bonchev–Trinajstić information content (AvgIpc) is 2.66. The van der Waals surface area contributed by atoms with Crippen molar-refractivity contribution < 1.29 is 23.9 Å². The molecule has 150 valence electrons. The van der Waals surface area contributed by atoms with Crippen LogP contribution in [0, 0.1) is 5.92 Å². The van der Waals surface area contributed by atoms with E-state index in [0.29, 0.717) is 26.4 Å². The molecule has 1 aliphatic heterocycles. The molecule has 2 aliphatic rings. The molecule has 0 aromatic heterocycles. The second kappa shape index (κ2) is 11.4. The molecule has 1 saturated carbocycles. The number of ether oxygens (including phenoxy) is 2. The highest BCUT2D eigenvalue weighted by Gasteiger charge is 2.47. The molecular weight excluding hydrogens is 336 g/mol. The first-order valence-electron chi connectivity index (χ1n) is 10.1. The van der Waals surface area contributed by atoms with Gasteiger partial charge in [0.15, 0.2) is 0 Å². The van der Waals surface area contributed by atoms with Gasteiger partial charge in [-0.05, 0) is 32.6 Å². The molecule has 26 heavy (non-hydrogen) atoms. The van der Waals surface area contributed by atoms with E-state index >= 15 is 0 Å². The van der Waals surface area contributed by atoms with Crippen LogP contribution >= 0.6 is 0 Å². The number of unbranched alkanes of at least 4 members (excludes halogenated alkanes) is 1. The maximum Gasteiger partial charge on any atom is 0.407 e. The van der Waals surface area contributed by atoms with Crippen molar-refractivity contribution in [3.63, 3.8) is 0 Å². The van der Waals surface area contributed by atoms with Crippen molar-refractivity contribution in [2.75, 3.05) is 26.4 Å². The third-order valence-corrected chi connectivity index (χ3v) is 5.24. The maximum absolute atomic E-state index is 12.0. The standard InChI is InChI=1S/C19H34N2O5/c1-3-24-13-14-26-21-15(2)17(18(21)22)20-19(23)25-12-8-7-11-16-9-5-4-6-10-16/h15-17H,3-14H2,1-2H3,(H,20,23)/t15-,17-/m0/s1. The first kappa shape index (κ1) is 21.0. The summed E-state index contributed by atoms with van der Waals surface area (Å²) in [5.41, 5.74) is 0. The van der Waals surface area contributed by atoms with Crippen molar-refractivity contribution in [3.8, 4) is 0 Å². The van der Waals surface area contributed by atoms with E-state index in [2.05, 4.69) is 5.32 Å². The van der Waals surface area contributed by atoms with Gasteiger partial charge in [0.1, 0.15) is 6.04 Å². The lowest BCUT2D eigenvalue weighted by molar-refractivity contribution is -0.235. The third kappa shape index (κ3) is 6.43. The Morgan fingerprint density at radius 3 is 2.62 bits per heavy atom. The number of β-lactam (4-membered cyclic amide) rings is 1. The molecule has 2 rings (SSSR count). The second-order valence-corrected chi connectivity index (χ2v) is 7.19. The van der Waals surface area contributed by atoms with Gasteiger partial charge >= 0.3 is 6.09 Å². The van der Waals surface area contributed by atoms with Gasteiger partial charge in [0.05, 0.1) is 25.9 Å². The molecular formula is C19H34N2O5. The van der Waals surface area contributed by atoms with Gasteiger partial charge in [-0.1, -0.05) is 38.5 Å². The van der Waals surface area contributed by atoms with Crippen molar-refractivity contribution in [2.24, 2.45) is 5.92 Å². The predicted molar refractivity (Wildman–Crippen MR) is 97.5 cm³/mol. The summed E-state index contributed by atoms with van der Waals surface area (Å²) >= 11 is 0. The largest absolute Gasteiger partial charge is 0.450 e. The molecule has 0 aromatic rings. The average molecular weight is 370 g/mol. The summed E-state index contributed by atoms with van der Waals surface area (Å²) in [6.07, 6.45) is 9.50. The van der Waals surface area contributed by atoms with E-state index in [-0.39, 0.29) is 11.9 Å². The smallest absolute Gasteiger partial charge is 0.407 e. The van der Waals surface area contributed by atoms with E-state index in [1.165, 1.54) is 43.6 Å². The summed E-state index contributed by atoms with van der Waals surface area (Å²) in [5.74, 6) is 0.614. The van der Waals surface area contributed by atoms with Gasteiger partial charge < -0.3 is 14.8 Å². The van der Waals surface area contributed by atoms with Gasteiger partial charge in [-0.3, -0.25) is 9.63 Å². The van der Waals surface area contributed by atoms with E-state index in [9.17, 15) is 9.59 Å². The Morgan fingerprint density at radius 1 is 1.15 bits per heavy atom. The highest BCUT2D eigenvalue weighted by molar-refractivity contribution is 5.91. The number of amides is 2. The zero-order chi connectivity index (χ0) is 18.8. The first-order chi connectivity index (χ1) is 12.6. The lowest BCUT2D eigenvalue weighted by Crippen LogP contribution is -2.69. The molecule has 2 atom stereocenters. The summed E-state index contributed by atoms with van der Waals surface area (Å²) in [4.78, 5) is 29.2. The molecule has 1 saturated heterocycles. The molecule has 0 spiro atoms. The monoisotopic (exact) mass is 370 g/mol. The van der Waals surface area contributed by atoms with Crippen LogP contribution < -0.4 is 5.32 Å². The summed E-state index contributed by atoms with van der Waals surface area (Å²) in [6, 6.07) is -0.778. The van der Waals surface area contributed by atoms with Crippen molar-refractivity contribution in [2.45, 2.75) is 77.3 Å². The fourth-order valence-corrected chi connectivity index (χ4v) is 3.64. The summed E-state index contributed by atoms with van der Waals surface area (Å²) < 4.78 is 10.4. The van der Waals surface area contributed by atoms with E-state index in [0.717, 1.165) is 18.8 Å². The molecule has 0 bridgehead atoms. The van der Waals surface area contributed by atoms with Crippen LogP contribution in [0.1, 0.15) is 65.2 Å². The van der Waals surface area contributed by atoms with Crippen molar-refractivity contribution in [1.29, 1.82) is 0 Å². The van der Waals surface area contributed by atoms with E-state index in [4.69, 9.17) is 14.3 Å². The molecule has 0 aromatic carbocycles. The van der Waals surface area contributed by atoms with Gasteiger partial charge in [0.25, 0.3) is 5.91 Å². The predicted octanol–water partition coefficient (Wildman–Crippen LogP) is 3.03. The first-order valence-corrected chi connectivity index (χ1v) is 10.1. The Morgan fingerprint density at radius 2 is 1.92 bits per heavy atom. The molecule has 2 amide bonds. The molecule has 1 aliphatic carbocycles.